The van der Waals surface area contributed by atoms with Gasteiger partial charge in [-0.1, -0.05) is 19.1 Å². The van der Waals surface area contributed by atoms with Crippen LogP contribution in [0.5, 0.6) is 0 Å². The van der Waals surface area contributed by atoms with Crippen LogP contribution in [0.15, 0.2) is 36.7 Å². The Balaban J connectivity index is 2.42. The molecule has 15 heavy (non-hydrogen) atoms. The lowest BCUT2D eigenvalue weighted by Crippen LogP contribution is -1.92. The molecule has 0 N–H and O–H groups in total. The number of hydrogen-bond acceptors (Lipinski definition) is 2. The zero-order chi connectivity index (χ0) is 10.7. The van der Waals surface area contributed by atoms with Crippen LogP contribution in [-0.4, -0.2) is 9.97 Å². The average molecular weight is 202 g/mol. The maximum atomic E-state index is 13.4. The lowest BCUT2D eigenvalue weighted by atomic mass is 10.1. The first-order chi connectivity index (χ1) is 7.31. The van der Waals surface area contributed by atoms with Gasteiger partial charge < -0.3 is 0 Å². The zero-order valence-corrected chi connectivity index (χ0v) is 8.44. The molecular weight excluding hydrogens is 191 g/mol. The van der Waals surface area contributed by atoms with Gasteiger partial charge in [0.25, 0.3) is 0 Å². The van der Waals surface area contributed by atoms with E-state index in [4.69, 9.17) is 0 Å². The molecule has 1 aromatic carbocycles. The normalized spacial score (nSPS) is 10.3. The maximum Gasteiger partial charge on any atom is 0.132 e. The number of nitrogens with zero attached hydrogens (tertiary/aromatic N) is 2. The van der Waals surface area contributed by atoms with Crippen molar-refractivity contribution in [2.24, 2.45) is 0 Å². The van der Waals surface area contributed by atoms with Gasteiger partial charge in [0, 0.05) is 11.8 Å². The van der Waals surface area contributed by atoms with Gasteiger partial charge in [-0.3, -0.25) is 9.97 Å². The van der Waals surface area contributed by atoms with Gasteiger partial charge in [-0.15, -0.1) is 0 Å². The van der Waals surface area contributed by atoms with Gasteiger partial charge in [0.15, 0.2) is 0 Å². The van der Waals surface area contributed by atoms with Gasteiger partial charge in [0.2, 0.25) is 0 Å². The summed E-state index contributed by atoms with van der Waals surface area (Å²) in [6, 6.07) is 6.57. The highest BCUT2D eigenvalue weighted by molar-refractivity contribution is 5.58. The highest BCUT2D eigenvalue weighted by atomic mass is 19.1. The van der Waals surface area contributed by atoms with Crippen LogP contribution in [0.2, 0.25) is 0 Å². The van der Waals surface area contributed by atoms with Gasteiger partial charge in [-0.05, 0) is 18.6 Å². The van der Waals surface area contributed by atoms with E-state index < -0.39 is 0 Å². The Morgan fingerprint density at radius 1 is 1.13 bits per heavy atom. The topological polar surface area (TPSA) is 25.8 Å². The van der Waals surface area contributed by atoms with Crippen molar-refractivity contribution in [3.63, 3.8) is 0 Å². The fourth-order valence-electron chi connectivity index (χ4n) is 1.35. The van der Waals surface area contributed by atoms with Crippen molar-refractivity contribution in [2.75, 3.05) is 0 Å². The molecular formula is C12H11FN2. The van der Waals surface area contributed by atoms with E-state index in [1.165, 1.54) is 6.07 Å². The largest absolute Gasteiger partial charge is 0.257 e. The molecule has 1 aromatic heterocycles. The molecule has 2 nitrogen and oxygen atoms in total. The van der Waals surface area contributed by atoms with Gasteiger partial charge in [0.1, 0.15) is 5.82 Å². The smallest absolute Gasteiger partial charge is 0.132 e. The van der Waals surface area contributed by atoms with E-state index in [0.29, 0.717) is 11.3 Å². The lowest BCUT2D eigenvalue weighted by Gasteiger charge is -2.02. The summed E-state index contributed by atoms with van der Waals surface area (Å²) in [6.07, 6.45) is 4.13. The Morgan fingerprint density at radius 2 is 1.93 bits per heavy atom. The Morgan fingerprint density at radius 3 is 2.53 bits per heavy atom. The predicted molar refractivity (Wildman–Crippen MR) is 56.8 cm³/mol. The third kappa shape index (κ3) is 2.01. The molecule has 0 atom stereocenters. The second-order valence-electron chi connectivity index (χ2n) is 3.23. The standard InChI is InChI=1S/C12H11FN2/c1-2-9-7-15-12(8-14-9)10-5-3-4-6-11(10)13/h3-8H,2H2,1H3. The molecule has 0 amide bonds. The summed E-state index contributed by atoms with van der Waals surface area (Å²) < 4.78 is 13.4. The number of aryl methyl sites for hydroxylation is 1. The Labute approximate surface area is 87.8 Å². The lowest BCUT2D eigenvalue weighted by molar-refractivity contribution is 0.630. The minimum atomic E-state index is -0.268. The monoisotopic (exact) mass is 202 g/mol. The zero-order valence-electron chi connectivity index (χ0n) is 8.44. The number of benzene rings is 1. The molecule has 76 valence electrons. The highest BCUT2D eigenvalue weighted by Gasteiger charge is 2.05. The van der Waals surface area contributed by atoms with E-state index in [-0.39, 0.29) is 5.82 Å². The molecule has 2 aromatic rings. The quantitative estimate of drug-likeness (QED) is 0.748. The first-order valence-electron chi connectivity index (χ1n) is 4.87. The molecule has 0 aliphatic carbocycles. The molecule has 1 heterocycles. The molecule has 0 saturated heterocycles. The minimum absolute atomic E-state index is 0.268. The predicted octanol–water partition coefficient (Wildman–Crippen LogP) is 2.85. The van der Waals surface area contributed by atoms with Crippen LogP contribution >= 0.6 is 0 Å². The molecule has 3 heteroatoms. The van der Waals surface area contributed by atoms with Crippen molar-refractivity contribution >= 4 is 0 Å². The summed E-state index contributed by atoms with van der Waals surface area (Å²) in [6.45, 7) is 2.01. The van der Waals surface area contributed by atoms with E-state index in [1.807, 2.05) is 6.92 Å². The summed E-state index contributed by atoms with van der Waals surface area (Å²) in [7, 11) is 0. The van der Waals surface area contributed by atoms with Gasteiger partial charge >= 0.3 is 0 Å². The summed E-state index contributed by atoms with van der Waals surface area (Å²) in [5.41, 5.74) is 1.98. The maximum absolute atomic E-state index is 13.4. The van der Waals surface area contributed by atoms with Crippen LogP contribution in [0, 0.1) is 5.82 Å². The van der Waals surface area contributed by atoms with E-state index >= 15 is 0 Å². The van der Waals surface area contributed by atoms with Crippen molar-refractivity contribution in [2.45, 2.75) is 13.3 Å². The molecule has 0 unspecified atom stereocenters. The molecule has 0 aliphatic heterocycles. The molecule has 0 spiro atoms. The molecule has 0 bridgehead atoms. The van der Waals surface area contributed by atoms with E-state index in [0.717, 1.165) is 12.1 Å². The van der Waals surface area contributed by atoms with E-state index in [2.05, 4.69) is 9.97 Å². The van der Waals surface area contributed by atoms with Crippen molar-refractivity contribution in [1.29, 1.82) is 0 Å². The first kappa shape index (κ1) is 9.77. The minimum Gasteiger partial charge on any atom is -0.257 e. The van der Waals surface area contributed by atoms with Gasteiger partial charge in [-0.2, -0.15) is 0 Å². The number of rotatable bonds is 2. The van der Waals surface area contributed by atoms with Crippen molar-refractivity contribution in [1.82, 2.24) is 9.97 Å². The summed E-state index contributed by atoms with van der Waals surface area (Å²) >= 11 is 0. The molecule has 0 aliphatic rings. The van der Waals surface area contributed by atoms with Crippen LogP contribution in [0.25, 0.3) is 11.3 Å². The van der Waals surface area contributed by atoms with Crippen molar-refractivity contribution in [3.8, 4) is 11.3 Å². The van der Waals surface area contributed by atoms with Gasteiger partial charge in [0.05, 0.1) is 17.6 Å². The van der Waals surface area contributed by atoms with Crippen LogP contribution in [0.3, 0.4) is 0 Å². The second-order valence-corrected chi connectivity index (χ2v) is 3.23. The second kappa shape index (κ2) is 4.17. The summed E-state index contributed by atoms with van der Waals surface area (Å²) in [5, 5.41) is 0. The number of aromatic nitrogens is 2. The summed E-state index contributed by atoms with van der Waals surface area (Å²) in [5.74, 6) is -0.268. The fourth-order valence-corrected chi connectivity index (χ4v) is 1.35. The molecule has 0 fully saturated rings. The van der Waals surface area contributed by atoms with Gasteiger partial charge in [-0.25, -0.2) is 4.39 Å². The fraction of sp³-hybridized carbons (Fsp3) is 0.167. The van der Waals surface area contributed by atoms with Crippen LogP contribution in [-0.2, 0) is 6.42 Å². The first-order valence-corrected chi connectivity index (χ1v) is 4.87. The third-order valence-corrected chi connectivity index (χ3v) is 2.22. The average Bonchev–Trinajstić information content (AvgIpc) is 2.30. The number of hydrogen-bond donors (Lipinski definition) is 0. The summed E-state index contributed by atoms with van der Waals surface area (Å²) in [4.78, 5) is 8.36. The number of halogens is 1. The Bertz CT molecular complexity index is 451. The highest BCUT2D eigenvalue weighted by Crippen LogP contribution is 2.19. The third-order valence-electron chi connectivity index (χ3n) is 2.22. The Kier molecular flexibility index (Phi) is 2.72. The van der Waals surface area contributed by atoms with E-state index in [1.54, 1.807) is 30.6 Å². The van der Waals surface area contributed by atoms with Crippen LogP contribution < -0.4 is 0 Å². The molecule has 0 saturated carbocycles. The van der Waals surface area contributed by atoms with Crippen molar-refractivity contribution < 1.29 is 4.39 Å². The molecule has 2 rings (SSSR count). The van der Waals surface area contributed by atoms with Crippen LogP contribution in [0.1, 0.15) is 12.6 Å². The van der Waals surface area contributed by atoms with Crippen LogP contribution in [0.4, 0.5) is 4.39 Å². The molecule has 0 radical (unpaired) electrons. The SMILES string of the molecule is CCc1cnc(-c2ccccc2F)cn1. The van der Waals surface area contributed by atoms with Crippen molar-refractivity contribution in [3.05, 3.63) is 48.2 Å². The van der Waals surface area contributed by atoms with E-state index in [9.17, 15) is 4.39 Å². The Hall–Kier alpha value is -1.77.